The van der Waals surface area contributed by atoms with E-state index in [9.17, 15) is 9.59 Å². The van der Waals surface area contributed by atoms with Crippen LogP contribution in [-0.2, 0) is 4.79 Å². The molecule has 0 spiro atoms. The summed E-state index contributed by atoms with van der Waals surface area (Å²) >= 11 is 0. The van der Waals surface area contributed by atoms with Crippen molar-refractivity contribution in [2.24, 2.45) is 0 Å². The van der Waals surface area contributed by atoms with Crippen LogP contribution in [0, 0.1) is 0 Å². The molecule has 1 aromatic heterocycles. The van der Waals surface area contributed by atoms with Gasteiger partial charge in [0.05, 0.1) is 11.8 Å². The summed E-state index contributed by atoms with van der Waals surface area (Å²) in [5.74, 6) is -0.475. The minimum Gasteiger partial charge on any atom is -0.472 e. The van der Waals surface area contributed by atoms with Crippen molar-refractivity contribution in [2.45, 2.75) is 25.4 Å². The van der Waals surface area contributed by atoms with Crippen molar-refractivity contribution >= 4 is 24.2 Å². The van der Waals surface area contributed by atoms with Crippen LogP contribution >= 0.6 is 12.4 Å². The van der Waals surface area contributed by atoms with Gasteiger partial charge in [0.2, 0.25) is 5.91 Å². The maximum Gasteiger partial charge on any atom is 0.255 e. The molecule has 1 aromatic rings. The summed E-state index contributed by atoms with van der Waals surface area (Å²) in [5, 5.41) is 8.68. The lowest BCUT2D eigenvalue weighted by atomic mass is 10.2. The van der Waals surface area contributed by atoms with Gasteiger partial charge in [0.25, 0.3) is 5.91 Å². The first-order chi connectivity index (χ1) is 8.66. The number of carbonyl (C=O) groups excluding carboxylic acids is 2. The lowest BCUT2D eigenvalue weighted by Crippen LogP contribution is -2.48. The van der Waals surface area contributed by atoms with Crippen LogP contribution in [-0.4, -0.2) is 37.0 Å². The Morgan fingerprint density at radius 2 is 2.32 bits per heavy atom. The second-order valence-electron chi connectivity index (χ2n) is 4.41. The molecule has 2 rings (SSSR count). The smallest absolute Gasteiger partial charge is 0.255 e. The number of hydrogen-bond donors (Lipinski definition) is 3. The van der Waals surface area contributed by atoms with Crippen molar-refractivity contribution < 1.29 is 14.0 Å². The molecule has 0 bridgehead atoms. The summed E-state index contributed by atoms with van der Waals surface area (Å²) in [6, 6.07) is 1.15. The molecule has 2 unspecified atom stereocenters. The summed E-state index contributed by atoms with van der Waals surface area (Å²) in [4.78, 5) is 23.5. The van der Waals surface area contributed by atoms with Crippen LogP contribution in [0.3, 0.4) is 0 Å². The Morgan fingerprint density at radius 1 is 1.53 bits per heavy atom. The predicted octanol–water partition coefficient (Wildman–Crippen LogP) is 0.298. The normalized spacial score (nSPS) is 19.3. The van der Waals surface area contributed by atoms with E-state index in [0.29, 0.717) is 5.56 Å². The molecular weight excluding hydrogens is 270 g/mol. The highest BCUT2D eigenvalue weighted by molar-refractivity contribution is 5.97. The zero-order valence-electron chi connectivity index (χ0n) is 10.6. The Kier molecular flexibility index (Phi) is 5.85. The van der Waals surface area contributed by atoms with Crippen LogP contribution in [0.2, 0.25) is 0 Å². The van der Waals surface area contributed by atoms with Crippen molar-refractivity contribution in [3.05, 3.63) is 24.2 Å². The topological polar surface area (TPSA) is 83.4 Å². The van der Waals surface area contributed by atoms with Gasteiger partial charge in [-0.15, -0.1) is 12.4 Å². The largest absolute Gasteiger partial charge is 0.472 e. The maximum atomic E-state index is 11.8. The van der Waals surface area contributed by atoms with Gasteiger partial charge in [0, 0.05) is 12.6 Å². The summed E-state index contributed by atoms with van der Waals surface area (Å²) < 4.78 is 4.82. The third kappa shape index (κ3) is 4.25. The fraction of sp³-hybridized carbons (Fsp3) is 0.500. The average molecular weight is 288 g/mol. The molecule has 0 aromatic carbocycles. The molecule has 7 heteroatoms. The molecule has 1 aliphatic rings. The maximum absolute atomic E-state index is 11.8. The molecular formula is C12H18ClN3O3. The zero-order chi connectivity index (χ0) is 13.0. The molecule has 2 atom stereocenters. The fourth-order valence-corrected chi connectivity index (χ4v) is 1.84. The molecule has 0 radical (unpaired) electrons. The molecule has 1 aliphatic heterocycles. The van der Waals surface area contributed by atoms with Gasteiger partial charge in [-0.25, -0.2) is 0 Å². The molecule has 3 N–H and O–H groups in total. The fourth-order valence-electron chi connectivity index (χ4n) is 1.84. The summed E-state index contributed by atoms with van der Waals surface area (Å²) in [7, 11) is 0. The van der Waals surface area contributed by atoms with Crippen LogP contribution in [0.4, 0.5) is 0 Å². The molecule has 106 valence electrons. The lowest BCUT2D eigenvalue weighted by molar-refractivity contribution is -0.123. The van der Waals surface area contributed by atoms with E-state index in [1.807, 2.05) is 0 Å². The average Bonchev–Trinajstić information content (AvgIpc) is 3.01. The predicted molar refractivity (Wildman–Crippen MR) is 72.3 cm³/mol. The zero-order valence-corrected chi connectivity index (χ0v) is 11.5. The highest BCUT2D eigenvalue weighted by atomic mass is 35.5. The number of carbonyl (C=O) groups is 2. The number of amides is 2. The van der Waals surface area contributed by atoms with Gasteiger partial charge in [-0.3, -0.25) is 9.59 Å². The second-order valence-corrected chi connectivity index (χ2v) is 4.41. The molecule has 2 heterocycles. The molecule has 0 aliphatic carbocycles. The van der Waals surface area contributed by atoms with Gasteiger partial charge in [0.15, 0.2) is 0 Å². The third-order valence-corrected chi connectivity index (χ3v) is 2.93. The van der Waals surface area contributed by atoms with Gasteiger partial charge in [-0.05, 0) is 26.0 Å². The highest BCUT2D eigenvalue weighted by Gasteiger charge is 2.21. The van der Waals surface area contributed by atoms with E-state index < -0.39 is 6.04 Å². The first kappa shape index (κ1) is 15.5. The van der Waals surface area contributed by atoms with Gasteiger partial charge in [-0.1, -0.05) is 0 Å². The van der Waals surface area contributed by atoms with Gasteiger partial charge in [0.1, 0.15) is 12.3 Å². The Labute approximate surface area is 117 Å². The Hall–Kier alpha value is -1.53. The van der Waals surface area contributed by atoms with Gasteiger partial charge in [-0.2, -0.15) is 0 Å². The summed E-state index contributed by atoms with van der Waals surface area (Å²) in [5.41, 5.74) is 0.414. The molecule has 19 heavy (non-hydrogen) atoms. The number of furan rings is 1. The number of halogens is 1. The van der Waals surface area contributed by atoms with Crippen LogP contribution in [0.15, 0.2) is 23.0 Å². The SMILES string of the molecule is CC(NC(=O)c1ccoc1)C(=O)NC1CCNC1.Cl. The van der Waals surface area contributed by atoms with Crippen molar-refractivity contribution in [3.8, 4) is 0 Å². The second kappa shape index (κ2) is 7.16. The molecule has 2 amide bonds. The van der Waals surface area contributed by atoms with E-state index >= 15 is 0 Å². The van der Waals surface area contributed by atoms with E-state index in [4.69, 9.17) is 4.42 Å². The van der Waals surface area contributed by atoms with E-state index in [1.165, 1.54) is 12.5 Å². The van der Waals surface area contributed by atoms with E-state index in [-0.39, 0.29) is 30.3 Å². The van der Waals surface area contributed by atoms with Crippen molar-refractivity contribution in [3.63, 3.8) is 0 Å². The number of hydrogen-bond acceptors (Lipinski definition) is 4. The minimum absolute atomic E-state index is 0. The first-order valence-electron chi connectivity index (χ1n) is 6.01. The van der Waals surface area contributed by atoms with E-state index in [0.717, 1.165) is 19.5 Å². The monoisotopic (exact) mass is 287 g/mol. The first-order valence-corrected chi connectivity index (χ1v) is 6.01. The van der Waals surface area contributed by atoms with Crippen LogP contribution in [0.5, 0.6) is 0 Å². The Balaban J connectivity index is 0.00000180. The van der Waals surface area contributed by atoms with Gasteiger partial charge < -0.3 is 20.4 Å². The van der Waals surface area contributed by atoms with Crippen molar-refractivity contribution in [2.75, 3.05) is 13.1 Å². The molecule has 1 saturated heterocycles. The minimum atomic E-state index is -0.562. The highest BCUT2D eigenvalue weighted by Crippen LogP contribution is 2.01. The van der Waals surface area contributed by atoms with Crippen LogP contribution in [0.25, 0.3) is 0 Å². The van der Waals surface area contributed by atoms with Crippen molar-refractivity contribution in [1.82, 2.24) is 16.0 Å². The quantitative estimate of drug-likeness (QED) is 0.744. The summed E-state index contributed by atoms with van der Waals surface area (Å²) in [6.45, 7) is 3.37. The van der Waals surface area contributed by atoms with Crippen molar-refractivity contribution in [1.29, 1.82) is 0 Å². The standard InChI is InChI=1S/C12H17N3O3.ClH/c1-8(11(16)15-10-2-4-13-6-10)14-12(17)9-3-5-18-7-9;/h3,5,7-8,10,13H,2,4,6H2,1H3,(H,14,17)(H,15,16);1H. The van der Waals surface area contributed by atoms with Crippen LogP contribution < -0.4 is 16.0 Å². The van der Waals surface area contributed by atoms with Gasteiger partial charge >= 0.3 is 0 Å². The molecule has 6 nitrogen and oxygen atoms in total. The lowest BCUT2D eigenvalue weighted by Gasteiger charge is -2.17. The molecule has 0 saturated carbocycles. The van der Waals surface area contributed by atoms with E-state index in [1.54, 1.807) is 13.0 Å². The summed E-state index contributed by atoms with van der Waals surface area (Å²) in [6.07, 6.45) is 3.69. The number of rotatable bonds is 4. The Bertz CT molecular complexity index is 416. The third-order valence-electron chi connectivity index (χ3n) is 2.93. The Morgan fingerprint density at radius 3 is 2.89 bits per heavy atom. The van der Waals surface area contributed by atoms with E-state index in [2.05, 4.69) is 16.0 Å². The molecule has 1 fully saturated rings. The number of nitrogens with one attached hydrogen (secondary N) is 3. The van der Waals surface area contributed by atoms with Crippen LogP contribution in [0.1, 0.15) is 23.7 Å².